The van der Waals surface area contributed by atoms with Gasteiger partial charge in [-0.2, -0.15) is 0 Å². The first kappa shape index (κ1) is 20.6. The van der Waals surface area contributed by atoms with Crippen molar-refractivity contribution in [2.75, 3.05) is 19.6 Å². The Hall–Kier alpha value is -2.66. The van der Waals surface area contributed by atoms with Crippen LogP contribution in [0.1, 0.15) is 46.5 Å². The highest BCUT2D eigenvalue weighted by atomic mass is 35.5. The van der Waals surface area contributed by atoms with Gasteiger partial charge in [0.05, 0.1) is 17.0 Å². The van der Waals surface area contributed by atoms with Crippen molar-refractivity contribution in [1.29, 1.82) is 0 Å². The molecule has 2 heterocycles. The highest BCUT2D eigenvalue weighted by Gasteiger charge is 2.55. The van der Waals surface area contributed by atoms with Crippen LogP contribution in [0.5, 0.6) is 0 Å². The fraction of sp³-hybridized carbons (Fsp3) is 0.375. The molecule has 0 aromatic heterocycles. The van der Waals surface area contributed by atoms with Gasteiger partial charge >= 0.3 is 0 Å². The molecule has 2 aromatic carbocycles. The molecule has 6 heteroatoms. The van der Waals surface area contributed by atoms with Crippen LogP contribution in [0, 0.1) is 5.41 Å². The molecule has 0 aliphatic carbocycles. The molecule has 0 radical (unpaired) electrons. The molecule has 5 nitrogen and oxygen atoms in total. The topological polar surface area (TPSA) is 57.7 Å². The minimum absolute atomic E-state index is 0.00568. The van der Waals surface area contributed by atoms with Crippen molar-refractivity contribution in [1.82, 2.24) is 9.80 Å². The number of halogens is 1. The summed E-state index contributed by atoms with van der Waals surface area (Å²) in [5, 5.41) is 0.650. The van der Waals surface area contributed by atoms with Gasteiger partial charge < -0.3 is 9.80 Å². The third-order valence-electron chi connectivity index (χ3n) is 6.42. The first-order chi connectivity index (χ1) is 14.3. The van der Waals surface area contributed by atoms with Gasteiger partial charge in [0.15, 0.2) is 5.78 Å². The second-order valence-electron chi connectivity index (χ2n) is 8.30. The number of nitrogens with zero attached hydrogens (tertiary/aromatic N) is 2. The number of carbonyl (C=O) groups is 3. The first-order valence-electron chi connectivity index (χ1n) is 10.3. The van der Waals surface area contributed by atoms with Gasteiger partial charge in [-0.25, -0.2) is 0 Å². The zero-order valence-corrected chi connectivity index (χ0v) is 18.0. The van der Waals surface area contributed by atoms with Gasteiger partial charge in [0.2, 0.25) is 5.91 Å². The Labute approximate surface area is 181 Å². The van der Waals surface area contributed by atoms with E-state index in [1.54, 1.807) is 34.1 Å². The number of likely N-dealkylation sites (tertiary alicyclic amines) is 1. The summed E-state index contributed by atoms with van der Waals surface area (Å²) in [5.41, 5.74) is 1.10. The first-order valence-corrected chi connectivity index (χ1v) is 10.7. The smallest absolute Gasteiger partial charge is 0.254 e. The molecule has 2 amide bonds. The Morgan fingerprint density at radius 1 is 1.13 bits per heavy atom. The lowest BCUT2D eigenvalue weighted by molar-refractivity contribution is -0.130. The summed E-state index contributed by atoms with van der Waals surface area (Å²) in [6.45, 7) is 5.00. The SMILES string of the molecule is CCN1C(=O)c2ccccc2C(=O)[C@@]2(C)CN(C(=O)CCc3cccc(Cl)c3)C[C@@H]12. The minimum atomic E-state index is -0.815. The highest BCUT2D eigenvalue weighted by Crippen LogP contribution is 2.41. The molecule has 0 saturated carbocycles. The van der Waals surface area contributed by atoms with Gasteiger partial charge in [0.25, 0.3) is 5.91 Å². The van der Waals surface area contributed by atoms with E-state index in [2.05, 4.69) is 0 Å². The predicted molar refractivity (Wildman–Crippen MR) is 116 cm³/mol. The van der Waals surface area contributed by atoms with Crippen LogP contribution in [0.3, 0.4) is 0 Å². The predicted octanol–water partition coefficient (Wildman–Crippen LogP) is 3.85. The third-order valence-corrected chi connectivity index (χ3v) is 6.65. The molecule has 2 aliphatic heterocycles. The fourth-order valence-corrected chi connectivity index (χ4v) is 4.98. The number of amides is 2. The van der Waals surface area contributed by atoms with Crippen LogP contribution in [-0.4, -0.2) is 53.1 Å². The van der Waals surface area contributed by atoms with Gasteiger partial charge in [0.1, 0.15) is 0 Å². The molecular formula is C24H25ClN2O3. The molecule has 2 atom stereocenters. The van der Waals surface area contributed by atoms with Crippen LogP contribution in [0.15, 0.2) is 48.5 Å². The summed E-state index contributed by atoms with van der Waals surface area (Å²) in [4.78, 5) is 43.2. The average molecular weight is 425 g/mol. The van der Waals surface area contributed by atoms with E-state index < -0.39 is 5.41 Å². The van der Waals surface area contributed by atoms with Crippen LogP contribution < -0.4 is 0 Å². The number of hydrogen-bond acceptors (Lipinski definition) is 3. The number of ketones is 1. The van der Waals surface area contributed by atoms with E-state index in [-0.39, 0.29) is 23.6 Å². The summed E-state index contributed by atoms with van der Waals surface area (Å²) in [5.74, 6) is -0.199. The standard InChI is InChI=1S/C24H25ClN2O3/c1-3-27-20-14-26(21(28)12-11-16-7-6-8-17(25)13-16)15-24(20,2)22(29)18-9-4-5-10-19(18)23(27)30/h4-10,13,20H,3,11-12,14-15H2,1-2H3/t20-,24+/m1/s1. The Balaban J connectivity index is 1.58. The number of aryl methyl sites for hydroxylation is 1. The van der Waals surface area contributed by atoms with E-state index >= 15 is 0 Å². The number of rotatable bonds is 4. The normalized spacial score (nSPS) is 23.2. The van der Waals surface area contributed by atoms with Gasteiger partial charge in [-0.3, -0.25) is 14.4 Å². The van der Waals surface area contributed by atoms with Crippen molar-refractivity contribution < 1.29 is 14.4 Å². The number of likely N-dealkylation sites (N-methyl/N-ethyl adjacent to an activating group) is 1. The molecule has 0 N–H and O–H groups in total. The number of fused-ring (bicyclic) bond motifs is 2. The van der Waals surface area contributed by atoms with Crippen molar-refractivity contribution in [3.63, 3.8) is 0 Å². The summed E-state index contributed by atoms with van der Waals surface area (Å²) >= 11 is 6.04. The lowest BCUT2D eigenvalue weighted by Gasteiger charge is -2.34. The summed E-state index contributed by atoms with van der Waals surface area (Å²) in [6.07, 6.45) is 0.929. The van der Waals surface area contributed by atoms with Crippen molar-refractivity contribution in [3.05, 3.63) is 70.2 Å². The molecule has 0 unspecified atom stereocenters. The lowest BCUT2D eigenvalue weighted by atomic mass is 9.78. The Kier molecular flexibility index (Phi) is 5.41. The monoisotopic (exact) mass is 424 g/mol. The second-order valence-corrected chi connectivity index (χ2v) is 8.74. The van der Waals surface area contributed by atoms with Gasteiger partial charge in [-0.15, -0.1) is 0 Å². The van der Waals surface area contributed by atoms with Crippen molar-refractivity contribution in [2.24, 2.45) is 5.41 Å². The molecule has 30 heavy (non-hydrogen) atoms. The number of Topliss-reactive ketones (excluding diaryl/α,β-unsaturated/α-hetero) is 1. The van der Waals surface area contributed by atoms with Crippen molar-refractivity contribution in [2.45, 2.75) is 32.7 Å². The van der Waals surface area contributed by atoms with Crippen LogP contribution in [0.4, 0.5) is 0 Å². The zero-order chi connectivity index (χ0) is 21.5. The fourth-order valence-electron chi connectivity index (χ4n) is 4.77. The Morgan fingerprint density at radius 3 is 2.57 bits per heavy atom. The summed E-state index contributed by atoms with van der Waals surface area (Å²) in [7, 11) is 0. The van der Waals surface area contributed by atoms with Gasteiger partial charge in [-0.05, 0) is 44.0 Å². The average Bonchev–Trinajstić information content (AvgIpc) is 3.08. The van der Waals surface area contributed by atoms with E-state index in [1.165, 1.54) is 0 Å². The molecular weight excluding hydrogens is 400 g/mol. The summed E-state index contributed by atoms with van der Waals surface area (Å²) in [6, 6.07) is 14.2. The third kappa shape index (κ3) is 3.41. The van der Waals surface area contributed by atoms with E-state index in [1.807, 2.05) is 38.1 Å². The summed E-state index contributed by atoms with van der Waals surface area (Å²) < 4.78 is 0. The van der Waals surface area contributed by atoms with Crippen molar-refractivity contribution >= 4 is 29.2 Å². The number of benzene rings is 2. The quantitative estimate of drug-likeness (QED) is 0.749. The molecule has 2 aromatic rings. The van der Waals surface area contributed by atoms with Crippen LogP contribution in [0.25, 0.3) is 0 Å². The molecule has 156 valence electrons. The highest BCUT2D eigenvalue weighted by molar-refractivity contribution is 6.30. The van der Waals surface area contributed by atoms with E-state index in [0.29, 0.717) is 48.6 Å². The number of carbonyl (C=O) groups excluding carboxylic acids is 3. The molecule has 2 aliphatic rings. The Morgan fingerprint density at radius 2 is 1.87 bits per heavy atom. The zero-order valence-electron chi connectivity index (χ0n) is 17.2. The van der Waals surface area contributed by atoms with Crippen molar-refractivity contribution in [3.8, 4) is 0 Å². The van der Waals surface area contributed by atoms with Gasteiger partial charge in [0, 0.05) is 36.6 Å². The lowest BCUT2D eigenvalue weighted by Crippen LogP contribution is -2.49. The maximum Gasteiger partial charge on any atom is 0.254 e. The van der Waals surface area contributed by atoms with Crippen LogP contribution in [0.2, 0.25) is 5.02 Å². The maximum atomic E-state index is 13.5. The van der Waals surface area contributed by atoms with Crippen LogP contribution in [-0.2, 0) is 11.2 Å². The van der Waals surface area contributed by atoms with E-state index in [9.17, 15) is 14.4 Å². The minimum Gasteiger partial charge on any atom is -0.339 e. The molecule has 1 saturated heterocycles. The van der Waals surface area contributed by atoms with E-state index in [4.69, 9.17) is 11.6 Å². The van der Waals surface area contributed by atoms with E-state index in [0.717, 1.165) is 5.56 Å². The molecule has 4 rings (SSSR count). The molecule has 1 fully saturated rings. The molecule has 0 spiro atoms. The number of hydrogen-bond donors (Lipinski definition) is 0. The second kappa shape index (κ2) is 7.88. The maximum absolute atomic E-state index is 13.5. The van der Waals surface area contributed by atoms with Gasteiger partial charge in [-0.1, -0.05) is 41.9 Å². The Bertz CT molecular complexity index is 1020. The molecule has 0 bridgehead atoms. The largest absolute Gasteiger partial charge is 0.339 e. The van der Waals surface area contributed by atoms with Crippen LogP contribution >= 0.6 is 11.6 Å².